The van der Waals surface area contributed by atoms with Crippen LogP contribution >= 0.6 is 0 Å². The Morgan fingerprint density at radius 2 is 2.18 bits per heavy atom. The maximum absolute atomic E-state index is 5.03. The van der Waals surface area contributed by atoms with Crippen molar-refractivity contribution in [3.63, 3.8) is 0 Å². The molecule has 2 rings (SSSR count). The highest BCUT2D eigenvalue weighted by molar-refractivity contribution is 5.75. The molecule has 0 saturated carbocycles. The molecule has 0 bridgehead atoms. The number of benzene rings is 1. The van der Waals surface area contributed by atoms with Gasteiger partial charge < -0.3 is 14.6 Å². The first-order valence-electron chi connectivity index (χ1n) is 5.87. The van der Waals surface area contributed by atoms with E-state index in [0.29, 0.717) is 6.61 Å². The molecule has 4 heteroatoms. The molecule has 1 N–H and O–H groups in total. The Morgan fingerprint density at radius 3 is 2.88 bits per heavy atom. The number of aryl methyl sites for hydroxylation is 1. The summed E-state index contributed by atoms with van der Waals surface area (Å²) in [6, 6.07) is 8.41. The largest absolute Gasteiger partial charge is 0.383 e. The van der Waals surface area contributed by atoms with E-state index >= 15 is 0 Å². The summed E-state index contributed by atoms with van der Waals surface area (Å²) in [5.74, 6) is 1.06. The van der Waals surface area contributed by atoms with Gasteiger partial charge in [-0.3, -0.25) is 0 Å². The molecule has 0 fully saturated rings. The lowest BCUT2D eigenvalue weighted by Crippen LogP contribution is -2.25. The van der Waals surface area contributed by atoms with Crippen LogP contribution in [0.25, 0.3) is 11.0 Å². The second-order valence-corrected chi connectivity index (χ2v) is 4.19. The highest BCUT2D eigenvalue weighted by Gasteiger charge is 2.13. The van der Waals surface area contributed by atoms with Crippen LogP contribution in [0.15, 0.2) is 24.3 Å². The van der Waals surface area contributed by atoms with E-state index in [-0.39, 0.29) is 6.04 Å². The van der Waals surface area contributed by atoms with Crippen molar-refractivity contribution in [1.29, 1.82) is 0 Å². The van der Waals surface area contributed by atoms with Gasteiger partial charge in [-0.2, -0.15) is 0 Å². The molecule has 0 saturated heterocycles. The van der Waals surface area contributed by atoms with Crippen LogP contribution in [-0.4, -0.2) is 29.8 Å². The molecule has 0 spiro atoms. The summed E-state index contributed by atoms with van der Waals surface area (Å²) in [5, 5.41) is 3.39. The molecule has 0 aliphatic rings. The number of rotatable bonds is 5. The predicted octanol–water partition coefficient (Wildman–Crippen LogP) is 1.87. The summed E-state index contributed by atoms with van der Waals surface area (Å²) >= 11 is 0. The van der Waals surface area contributed by atoms with Gasteiger partial charge in [0.1, 0.15) is 5.82 Å². The molecule has 92 valence electrons. The highest BCUT2D eigenvalue weighted by atomic mass is 16.5. The highest BCUT2D eigenvalue weighted by Crippen LogP contribution is 2.18. The molecule has 17 heavy (non-hydrogen) atoms. The Hall–Kier alpha value is -1.39. The first-order chi connectivity index (χ1) is 8.24. The van der Waals surface area contributed by atoms with E-state index in [0.717, 1.165) is 17.9 Å². The minimum Gasteiger partial charge on any atom is -0.383 e. The van der Waals surface area contributed by atoms with Crippen molar-refractivity contribution in [3.05, 3.63) is 30.1 Å². The minimum atomic E-state index is 0.225. The van der Waals surface area contributed by atoms with E-state index in [9.17, 15) is 0 Å². The predicted molar refractivity (Wildman–Crippen MR) is 69.0 cm³/mol. The molecule has 0 radical (unpaired) electrons. The number of nitrogens with one attached hydrogen (secondary N) is 1. The van der Waals surface area contributed by atoms with Gasteiger partial charge in [-0.1, -0.05) is 12.1 Å². The molecular formula is C13H19N3O. The Morgan fingerprint density at radius 1 is 1.41 bits per heavy atom. The topological polar surface area (TPSA) is 39.1 Å². The maximum Gasteiger partial charge on any atom is 0.126 e. The van der Waals surface area contributed by atoms with Crippen LogP contribution in [0.1, 0.15) is 18.8 Å². The van der Waals surface area contributed by atoms with Crippen molar-refractivity contribution in [2.24, 2.45) is 7.05 Å². The van der Waals surface area contributed by atoms with Crippen LogP contribution in [0.3, 0.4) is 0 Å². The Bertz CT molecular complexity index is 492. The molecule has 0 amide bonds. The smallest absolute Gasteiger partial charge is 0.126 e. The van der Waals surface area contributed by atoms with E-state index in [2.05, 4.69) is 34.9 Å². The number of imidazole rings is 1. The van der Waals surface area contributed by atoms with E-state index in [1.165, 1.54) is 5.52 Å². The Balaban J connectivity index is 2.20. The van der Waals surface area contributed by atoms with Gasteiger partial charge in [-0.25, -0.2) is 4.98 Å². The van der Waals surface area contributed by atoms with Crippen molar-refractivity contribution in [2.45, 2.75) is 13.0 Å². The van der Waals surface area contributed by atoms with E-state index in [1.807, 2.05) is 18.2 Å². The van der Waals surface area contributed by atoms with Crippen LogP contribution < -0.4 is 5.32 Å². The number of ether oxygens (including phenoxy) is 1. The number of methoxy groups -OCH3 is 1. The zero-order valence-electron chi connectivity index (χ0n) is 10.6. The van der Waals surface area contributed by atoms with E-state index < -0.39 is 0 Å². The average Bonchev–Trinajstić information content (AvgIpc) is 2.68. The molecule has 1 heterocycles. The van der Waals surface area contributed by atoms with Crippen molar-refractivity contribution in [1.82, 2.24) is 14.9 Å². The zero-order valence-corrected chi connectivity index (χ0v) is 10.6. The standard InChI is InChI=1S/C13H19N3O/c1-10(14-8-9-17-3)13-15-11-6-4-5-7-12(11)16(13)2/h4-7,10,14H,8-9H2,1-3H3. The van der Waals surface area contributed by atoms with Crippen molar-refractivity contribution < 1.29 is 4.74 Å². The van der Waals surface area contributed by atoms with Gasteiger partial charge in [-0.05, 0) is 19.1 Å². The number of aromatic nitrogens is 2. The molecule has 0 aliphatic heterocycles. The summed E-state index contributed by atoms with van der Waals surface area (Å²) in [6.07, 6.45) is 0. The van der Waals surface area contributed by atoms with Crippen molar-refractivity contribution >= 4 is 11.0 Å². The molecule has 2 aromatic rings. The number of para-hydroxylation sites is 2. The third-order valence-corrected chi connectivity index (χ3v) is 2.97. The molecule has 1 unspecified atom stereocenters. The normalized spacial score (nSPS) is 13.1. The van der Waals surface area contributed by atoms with Gasteiger partial charge in [-0.15, -0.1) is 0 Å². The van der Waals surface area contributed by atoms with Gasteiger partial charge >= 0.3 is 0 Å². The quantitative estimate of drug-likeness (QED) is 0.801. The Kier molecular flexibility index (Phi) is 3.76. The van der Waals surface area contributed by atoms with Gasteiger partial charge in [0.25, 0.3) is 0 Å². The first-order valence-corrected chi connectivity index (χ1v) is 5.87. The van der Waals surface area contributed by atoms with Crippen LogP contribution in [0.5, 0.6) is 0 Å². The van der Waals surface area contributed by atoms with Crippen LogP contribution in [0.2, 0.25) is 0 Å². The third kappa shape index (κ3) is 2.48. The molecular weight excluding hydrogens is 214 g/mol. The fourth-order valence-electron chi connectivity index (χ4n) is 2.02. The second kappa shape index (κ2) is 5.29. The number of hydrogen-bond donors (Lipinski definition) is 1. The lowest BCUT2D eigenvalue weighted by atomic mass is 10.3. The third-order valence-electron chi connectivity index (χ3n) is 2.97. The molecule has 1 aromatic carbocycles. The Labute approximate surface area is 102 Å². The minimum absolute atomic E-state index is 0.225. The van der Waals surface area contributed by atoms with Crippen LogP contribution in [-0.2, 0) is 11.8 Å². The fourth-order valence-corrected chi connectivity index (χ4v) is 2.02. The van der Waals surface area contributed by atoms with Gasteiger partial charge in [0, 0.05) is 20.7 Å². The van der Waals surface area contributed by atoms with E-state index in [4.69, 9.17) is 4.74 Å². The summed E-state index contributed by atoms with van der Waals surface area (Å²) in [7, 11) is 3.76. The number of nitrogens with zero attached hydrogens (tertiary/aromatic N) is 2. The molecule has 1 atom stereocenters. The van der Waals surface area contributed by atoms with Crippen molar-refractivity contribution in [2.75, 3.05) is 20.3 Å². The summed E-state index contributed by atoms with van der Waals surface area (Å²) in [4.78, 5) is 4.65. The summed E-state index contributed by atoms with van der Waals surface area (Å²) in [6.45, 7) is 3.67. The van der Waals surface area contributed by atoms with Crippen LogP contribution in [0, 0.1) is 0 Å². The molecule has 1 aromatic heterocycles. The summed E-state index contributed by atoms with van der Waals surface area (Å²) in [5.41, 5.74) is 2.22. The maximum atomic E-state index is 5.03. The van der Waals surface area contributed by atoms with Gasteiger partial charge in [0.2, 0.25) is 0 Å². The van der Waals surface area contributed by atoms with Crippen LogP contribution in [0.4, 0.5) is 0 Å². The van der Waals surface area contributed by atoms with Gasteiger partial charge in [0.05, 0.1) is 23.7 Å². The van der Waals surface area contributed by atoms with Crippen molar-refractivity contribution in [3.8, 4) is 0 Å². The van der Waals surface area contributed by atoms with E-state index in [1.54, 1.807) is 7.11 Å². The SMILES string of the molecule is COCCNC(C)c1nc2ccccc2n1C. The lowest BCUT2D eigenvalue weighted by molar-refractivity contribution is 0.196. The number of fused-ring (bicyclic) bond motifs is 1. The average molecular weight is 233 g/mol. The zero-order chi connectivity index (χ0) is 12.3. The summed E-state index contributed by atoms with van der Waals surface area (Å²) < 4.78 is 7.17. The molecule has 4 nitrogen and oxygen atoms in total. The monoisotopic (exact) mass is 233 g/mol. The second-order valence-electron chi connectivity index (χ2n) is 4.19. The fraction of sp³-hybridized carbons (Fsp3) is 0.462. The molecule has 0 aliphatic carbocycles. The van der Waals surface area contributed by atoms with Gasteiger partial charge in [0.15, 0.2) is 0 Å². The lowest BCUT2D eigenvalue weighted by Gasteiger charge is -2.13. The number of hydrogen-bond acceptors (Lipinski definition) is 3. The first kappa shape index (κ1) is 12.1.